The first-order chi connectivity index (χ1) is 10.6. The smallest absolute Gasteiger partial charge is 0.318 e. The highest BCUT2D eigenvalue weighted by atomic mass is 16.2. The summed E-state index contributed by atoms with van der Waals surface area (Å²) in [5, 5.41) is 0. The van der Waals surface area contributed by atoms with Gasteiger partial charge in [-0.1, -0.05) is 30.3 Å². The lowest BCUT2D eigenvalue weighted by Crippen LogP contribution is -2.38. The molecule has 0 spiro atoms. The van der Waals surface area contributed by atoms with E-state index < -0.39 is 0 Å². The van der Waals surface area contributed by atoms with Crippen molar-refractivity contribution in [3.05, 3.63) is 51.2 Å². The first-order valence-electron chi connectivity index (χ1n) is 7.35. The molecule has 0 saturated carbocycles. The van der Waals surface area contributed by atoms with Crippen molar-refractivity contribution < 1.29 is 0 Å². The fraction of sp³-hybridized carbons (Fsp3) is 0.312. The van der Waals surface area contributed by atoms with Gasteiger partial charge in [0.1, 0.15) is 5.82 Å². The van der Waals surface area contributed by atoms with Crippen LogP contribution in [0.15, 0.2) is 39.9 Å². The Labute approximate surface area is 127 Å². The van der Waals surface area contributed by atoms with Crippen LogP contribution in [0.3, 0.4) is 0 Å². The number of imidazole rings is 1. The third-order valence-corrected chi connectivity index (χ3v) is 3.89. The van der Waals surface area contributed by atoms with Gasteiger partial charge >= 0.3 is 5.69 Å². The minimum absolute atomic E-state index is 0.304. The molecule has 0 unspecified atom stereocenters. The van der Waals surface area contributed by atoms with Crippen molar-refractivity contribution >= 4 is 11.2 Å². The van der Waals surface area contributed by atoms with E-state index in [1.165, 1.54) is 11.6 Å². The summed E-state index contributed by atoms with van der Waals surface area (Å²) < 4.78 is 4.56. The van der Waals surface area contributed by atoms with Crippen LogP contribution in [0.1, 0.15) is 13.8 Å². The molecule has 0 radical (unpaired) electrons. The van der Waals surface area contributed by atoms with Gasteiger partial charge < -0.3 is 4.57 Å². The van der Waals surface area contributed by atoms with Crippen molar-refractivity contribution in [2.75, 3.05) is 0 Å². The maximum atomic E-state index is 12.5. The van der Waals surface area contributed by atoms with Gasteiger partial charge in [-0.2, -0.15) is 0 Å². The lowest BCUT2D eigenvalue weighted by Gasteiger charge is -2.07. The van der Waals surface area contributed by atoms with E-state index in [2.05, 4.69) is 4.98 Å². The molecule has 0 aliphatic rings. The summed E-state index contributed by atoms with van der Waals surface area (Å²) in [6.45, 7) is 4.92. The first kappa shape index (κ1) is 14.3. The number of aromatic nitrogens is 4. The Morgan fingerprint density at radius 3 is 2.23 bits per heavy atom. The molecule has 1 aromatic carbocycles. The van der Waals surface area contributed by atoms with Gasteiger partial charge in [0.15, 0.2) is 11.2 Å². The van der Waals surface area contributed by atoms with Crippen LogP contribution < -0.4 is 11.2 Å². The Morgan fingerprint density at radius 2 is 1.64 bits per heavy atom. The molecule has 3 rings (SSSR count). The average molecular weight is 298 g/mol. The van der Waals surface area contributed by atoms with Gasteiger partial charge in [0.05, 0.1) is 0 Å². The fourth-order valence-electron chi connectivity index (χ4n) is 2.76. The zero-order valence-electron chi connectivity index (χ0n) is 12.9. The number of rotatable bonds is 3. The highest BCUT2D eigenvalue weighted by Crippen LogP contribution is 2.22. The van der Waals surface area contributed by atoms with Crippen LogP contribution >= 0.6 is 0 Å². The van der Waals surface area contributed by atoms with E-state index in [0.717, 1.165) is 10.1 Å². The summed E-state index contributed by atoms with van der Waals surface area (Å²) in [5.41, 5.74) is 1.22. The molecule has 3 aromatic rings. The Bertz CT molecular complexity index is 948. The molecular weight excluding hydrogens is 280 g/mol. The number of hydrogen-bond donors (Lipinski definition) is 0. The fourth-order valence-corrected chi connectivity index (χ4v) is 2.76. The Morgan fingerprint density at radius 1 is 1.00 bits per heavy atom. The minimum Gasteiger partial charge on any atom is -0.318 e. The van der Waals surface area contributed by atoms with E-state index in [0.29, 0.717) is 30.1 Å². The maximum Gasteiger partial charge on any atom is 0.332 e. The molecule has 0 fully saturated rings. The average Bonchev–Trinajstić information content (AvgIpc) is 2.93. The number of hydrogen-bond acceptors (Lipinski definition) is 3. The van der Waals surface area contributed by atoms with Gasteiger partial charge in [0.2, 0.25) is 0 Å². The van der Waals surface area contributed by atoms with E-state index in [1.54, 1.807) is 0 Å². The molecule has 0 bridgehead atoms. The number of fused-ring (bicyclic) bond motifs is 1. The third kappa shape index (κ3) is 1.91. The van der Waals surface area contributed by atoms with E-state index in [1.807, 2.05) is 48.7 Å². The van der Waals surface area contributed by atoms with E-state index in [4.69, 9.17) is 0 Å². The Kier molecular flexibility index (Phi) is 3.44. The van der Waals surface area contributed by atoms with Gasteiger partial charge in [0.25, 0.3) is 5.56 Å². The highest BCUT2D eigenvalue weighted by Gasteiger charge is 2.19. The summed E-state index contributed by atoms with van der Waals surface area (Å²) in [7, 11) is 1.51. The molecule has 0 aliphatic carbocycles. The summed E-state index contributed by atoms with van der Waals surface area (Å²) in [6.07, 6.45) is 0. The van der Waals surface area contributed by atoms with Crippen LogP contribution in [0.4, 0.5) is 0 Å². The van der Waals surface area contributed by atoms with E-state index in [9.17, 15) is 9.59 Å². The molecule has 0 atom stereocenters. The molecule has 22 heavy (non-hydrogen) atoms. The van der Waals surface area contributed by atoms with Gasteiger partial charge in [-0.25, -0.2) is 9.78 Å². The second kappa shape index (κ2) is 5.29. The van der Waals surface area contributed by atoms with Crippen LogP contribution in [0.25, 0.3) is 22.6 Å². The summed E-state index contributed by atoms with van der Waals surface area (Å²) in [6, 6.07) is 9.70. The lowest BCUT2D eigenvalue weighted by molar-refractivity contribution is 0.649. The van der Waals surface area contributed by atoms with E-state index in [-0.39, 0.29) is 11.2 Å². The van der Waals surface area contributed by atoms with Crippen LogP contribution in [0, 0.1) is 0 Å². The van der Waals surface area contributed by atoms with Crippen molar-refractivity contribution in [3.63, 3.8) is 0 Å². The summed E-state index contributed by atoms with van der Waals surface area (Å²) >= 11 is 0. The van der Waals surface area contributed by atoms with Crippen molar-refractivity contribution in [3.8, 4) is 11.4 Å². The SMILES string of the molecule is CCn1c(-c2ccccc2)nc2c1c(=O)n(C)c(=O)n2CC. The second-order valence-corrected chi connectivity index (χ2v) is 5.11. The third-order valence-electron chi connectivity index (χ3n) is 3.89. The molecule has 0 N–H and O–H groups in total. The van der Waals surface area contributed by atoms with Crippen molar-refractivity contribution in [2.24, 2.45) is 7.05 Å². The topological polar surface area (TPSA) is 61.8 Å². The molecule has 6 heteroatoms. The minimum atomic E-state index is -0.333. The summed E-state index contributed by atoms with van der Waals surface area (Å²) in [5.74, 6) is 0.711. The molecule has 0 amide bonds. The van der Waals surface area contributed by atoms with Crippen molar-refractivity contribution in [2.45, 2.75) is 26.9 Å². The summed E-state index contributed by atoms with van der Waals surface area (Å²) in [4.78, 5) is 29.4. The van der Waals surface area contributed by atoms with Crippen LogP contribution in [-0.2, 0) is 20.1 Å². The molecule has 0 aliphatic heterocycles. The Hall–Kier alpha value is -2.63. The predicted molar refractivity (Wildman–Crippen MR) is 86.0 cm³/mol. The van der Waals surface area contributed by atoms with Gasteiger partial charge in [-0.05, 0) is 13.8 Å². The molecular formula is C16H18N4O2. The highest BCUT2D eigenvalue weighted by molar-refractivity contribution is 5.77. The quantitative estimate of drug-likeness (QED) is 0.738. The zero-order chi connectivity index (χ0) is 15.9. The normalized spacial score (nSPS) is 11.2. The van der Waals surface area contributed by atoms with Crippen molar-refractivity contribution in [1.82, 2.24) is 18.7 Å². The molecule has 0 saturated heterocycles. The van der Waals surface area contributed by atoms with Gasteiger partial charge in [-0.15, -0.1) is 0 Å². The molecule has 2 aromatic heterocycles. The monoisotopic (exact) mass is 298 g/mol. The van der Waals surface area contributed by atoms with Crippen LogP contribution in [0.5, 0.6) is 0 Å². The largest absolute Gasteiger partial charge is 0.332 e. The van der Waals surface area contributed by atoms with Gasteiger partial charge in [0, 0.05) is 25.7 Å². The number of nitrogens with zero attached hydrogens (tertiary/aromatic N) is 4. The van der Waals surface area contributed by atoms with Crippen molar-refractivity contribution in [1.29, 1.82) is 0 Å². The second-order valence-electron chi connectivity index (χ2n) is 5.11. The standard InChI is InChI=1S/C16H18N4O2/c1-4-19-12-14(17-13(19)11-9-7-6-8-10-11)20(5-2)16(22)18(3)15(12)21/h6-10H,4-5H2,1-3H3. The zero-order valence-corrected chi connectivity index (χ0v) is 12.9. The number of aryl methyl sites for hydroxylation is 2. The predicted octanol–water partition coefficient (Wildman–Crippen LogP) is 1.60. The van der Waals surface area contributed by atoms with Crippen LogP contribution in [-0.4, -0.2) is 18.7 Å². The first-order valence-corrected chi connectivity index (χ1v) is 7.35. The maximum absolute atomic E-state index is 12.5. The Balaban J connectivity index is 2.51. The van der Waals surface area contributed by atoms with Gasteiger partial charge in [-0.3, -0.25) is 13.9 Å². The lowest BCUT2D eigenvalue weighted by atomic mass is 10.2. The van der Waals surface area contributed by atoms with E-state index >= 15 is 0 Å². The molecule has 2 heterocycles. The van der Waals surface area contributed by atoms with Crippen LogP contribution in [0.2, 0.25) is 0 Å². The number of benzene rings is 1. The molecule has 114 valence electrons. The molecule has 6 nitrogen and oxygen atoms in total.